The second-order valence-corrected chi connectivity index (χ2v) is 7.67. The fourth-order valence-corrected chi connectivity index (χ4v) is 4.20. The molecular formula is C19H23O2P. The summed E-state index contributed by atoms with van der Waals surface area (Å²) in [5.41, 5.74) is 5.83. The van der Waals surface area contributed by atoms with Crippen LogP contribution in [0.4, 0.5) is 0 Å². The number of aryl methyl sites for hydroxylation is 3. The summed E-state index contributed by atoms with van der Waals surface area (Å²) in [4.78, 5) is 12.6. The van der Waals surface area contributed by atoms with Crippen LogP contribution in [0.5, 0.6) is 0 Å². The molecule has 1 unspecified atom stereocenters. The van der Waals surface area contributed by atoms with Crippen LogP contribution in [-0.2, 0) is 11.0 Å². The van der Waals surface area contributed by atoms with Gasteiger partial charge in [-0.2, -0.15) is 0 Å². The van der Waals surface area contributed by atoms with E-state index in [1.807, 2.05) is 64.1 Å². The van der Waals surface area contributed by atoms with Crippen molar-refractivity contribution in [1.29, 1.82) is 0 Å². The summed E-state index contributed by atoms with van der Waals surface area (Å²) < 4.78 is 12.5. The molecule has 0 spiro atoms. The molecule has 0 aliphatic heterocycles. The molecule has 0 N–H and O–H groups in total. The van der Waals surface area contributed by atoms with E-state index in [1.165, 1.54) is 5.56 Å². The normalized spacial score (nSPS) is 12.2. The molecule has 0 amide bonds. The number of hydrogen-bond acceptors (Lipinski definition) is 2. The molecule has 22 heavy (non-hydrogen) atoms. The van der Waals surface area contributed by atoms with Gasteiger partial charge in [-0.15, -0.1) is 0 Å². The molecule has 116 valence electrons. The predicted octanol–water partition coefficient (Wildman–Crippen LogP) is 4.86. The molecule has 2 aromatic rings. The summed E-state index contributed by atoms with van der Waals surface area (Å²) in [7, 11) is -2.28. The largest absolute Gasteiger partial charge is 0.318 e. The zero-order valence-corrected chi connectivity index (χ0v) is 14.7. The molecule has 0 heterocycles. The molecule has 2 rings (SSSR count). The Balaban J connectivity index is 2.18. The minimum absolute atomic E-state index is 0.168. The number of carbonyl (C=O) groups is 1. The summed E-state index contributed by atoms with van der Waals surface area (Å²) in [6.07, 6.45) is 1.13. The van der Waals surface area contributed by atoms with E-state index in [0.717, 1.165) is 22.3 Å². The number of carbonyl (C=O) groups excluding carboxylic acids is 1. The number of rotatable bonds is 5. The Morgan fingerprint density at radius 3 is 2.23 bits per heavy atom. The van der Waals surface area contributed by atoms with E-state index in [9.17, 15) is 9.36 Å². The Morgan fingerprint density at radius 1 is 0.955 bits per heavy atom. The van der Waals surface area contributed by atoms with Gasteiger partial charge in [0.1, 0.15) is 7.80 Å². The van der Waals surface area contributed by atoms with Crippen molar-refractivity contribution in [2.24, 2.45) is 0 Å². The van der Waals surface area contributed by atoms with Gasteiger partial charge >= 0.3 is 0 Å². The Morgan fingerprint density at radius 2 is 1.59 bits per heavy atom. The zero-order valence-electron chi connectivity index (χ0n) is 13.7. The molecule has 0 aliphatic carbocycles. The molecule has 1 atom stereocenters. The lowest BCUT2D eigenvalue weighted by atomic mass is 9.95. The third kappa shape index (κ3) is 3.56. The third-order valence-corrected chi connectivity index (χ3v) is 5.78. The SMILES string of the molecule is Cc1cc(C)c(C(=O)[PH](=O)CCc2ccccc2)c(C)c1C. The highest BCUT2D eigenvalue weighted by Crippen LogP contribution is 2.33. The van der Waals surface area contributed by atoms with Crippen molar-refractivity contribution >= 4 is 13.3 Å². The second kappa shape index (κ2) is 7.07. The van der Waals surface area contributed by atoms with E-state index in [-0.39, 0.29) is 5.52 Å². The molecule has 3 heteroatoms. The van der Waals surface area contributed by atoms with E-state index in [2.05, 4.69) is 0 Å². The molecule has 2 nitrogen and oxygen atoms in total. The van der Waals surface area contributed by atoms with Crippen molar-refractivity contribution < 1.29 is 9.36 Å². The van der Waals surface area contributed by atoms with Crippen LogP contribution in [0.25, 0.3) is 0 Å². The van der Waals surface area contributed by atoms with Gasteiger partial charge in [-0.3, -0.25) is 4.79 Å². The first-order chi connectivity index (χ1) is 10.4. The minimum atomic E-state index is -2.28. The van der Waals surface area contributed by atoms with E-state index in [1.54, 1.807) is 0 Å². The van der Waals surface area contributed by atoms with E-state index in [4.69, 9.17) is 0 Å². The quantitative estimate of drug-likeness (QED) is 0.738. The van der Waals surface area contributed by atoms with Gasteiger partial charge in [0.25, 0.3) is 0 Å². The Hall–Kier alpha value is -1.66. The van der Waals surface area contributed by atoms with Gasteiger partial charge in [0.2, 0.25) is 5.52 Å². The predicted molar refractivity (Wildman–Crippen MR) is 93.7 cm³/mol. The summed E-state index contributed by atoms with van der Waals surface area (Å²) in [5, 5.41) is 0. The first-order valence-electron chi connectivity index (χ1n) is 7.60. The standard InChI is InChI=1S/C19H23O2P/c1-13-12-14(2)18(16(4)15(13)3)19(20)22(21)11-10-17-8-6-5-7-9-17/h5-9,12,22H,10-11H2,1-4H3. The van der Waals surface area contributed by atoms with Crippen LogP contribution in [0.1, 0.15) is 38.2 Å². The van der Waals surface area contributed by atoms with Gasteiger partial charge in [-0.1, -0.05) is 36.4 Å². The molecule has 0 aromatic heterocycles. The van der Waals surface area contributed by atoms with Crippen molar-refractivity contribution in [3.8, 4) is 0 Å². The van der Waals surface area contributed by atoms with Crippen LogP contribution in [0, 0.1) is 27.7 Å². The Kier molecular flexibility index (Phi) is 5.37. The first kappa shape index (κ1) is 16.7. The summed E-state index contributed by atoms with van der Waals surface area (Å²) in [5.74, 6) is 0. The Bertz CT molecular complexity index is 718. The molecule has 0 saturated heterocycles. The Labute approximate surface area is 133 Å². The maximum Gasteiger partial charge on any atom is 0.219 e. The van der Waals surface area contributed by atoms with Gasteiger partial charge in [-0.25, -0.2) is 0 Å². The van der Waals surface area contributed by atoms with E-state index < -0.39 is 7.80 Å². The van der Waals surface area contributed by atoms with Gasteiger partial charge in [0.15, 0.2) is 0 Å². The van der Waals surface area contributed by atoms with Crippen molar-refractivity contribution in [3.63, 3.8) is 0 Å². The van der Waals surface area contributed by atoms with Crippen LogP contribution in [0.3, 0.4) is 0 Å². The maximum absolute atomic E-state index is 12.6. The topological polar surface area (TPSA) is 34.1 Å². The lowest BCUT2D eigenvalue weighted by Crippen LogP contribution is -2.05. The van der Waals surface area contributed by atoms with Crippen LogP contribution in [0.2, 0.25) is 0 Å². The van der Waals surface area contributed by atoms with Crippen molar-refractivity contribution in [3.05, 3.63) is 69.8 Å². The average molecular weight is 314 g/mol. The van der Waals surface area contributed by atoms with Crippen LogP contribution in [0.15, 0.2) is 36.4 Å². The van der Waals surface area contributed by atoms with Crippen molar-refractivity contribution in [1.82, 2.24) is 0 Å². The zero-order chi connectivity index (χ0) is 16.3. The average Bonchev–Trinajstić information content (AvgIpc) is 2.51. The smallest absolute Gasteiger partial charge is 0.219 e. The highest BCUT2D eigenvalue weighted by molar-refractivity contribution is 7.64. The molecule has 2 aromatic carbocycles. The van der Waals surface area contributed by atoms with Crippen LogP contribution < -0.4 is 0 Å². The number of hydrogen-bond donors (Lipinski definition) is 0. The summed E-state index contributed by atoms with van der Waals surface area (Å²) in [6, 6.07) is 11.9. The second-order valence-electron chi connectivity index (χ2n) is 5.87. The summed E-state index contributed by atoms with van der Waals surface area (Å²) >= 11 is 0. The van der Waals surface area contributed by atoms with E-state index >= 15 is 0 Å². The molecular weight excluding hydrogens is 291 g/mol. The van der Waals surface area contributed by atoms with Crippen molar-refractivity contribution in [2.75, 3.05) is 6.16 Å². The fraction of sp³-hybridized carbons (Fsp3) is 0.316. The fourth-order valence-electron chi connectivity index (χ4n) is 2.79. The van der Waals surface area contributed by atoms with Gasteiger partial charge < -0.3 is 4.57 Å². The van der Waals surface area contributed by atoms with Crippen LogP contribution in [-0.4, -0.2) is 11.7 Å². The lowest BCUT2D eigenvalue weighted by Gasteiger charge is -2.14. The third-order valence-electron chi connectivity index (χ3n) is 4.32. The molecule has 0 aliphatic rings. The molecule has 0 fully saturated rings. The van der Waals surface area contributed by atoms with Gasteiger partial charge in [0, 0.05) is 11.7 Å². The van der Waals surface area contributed by atoms with E-state index in [0.29, 0.717) is 18.1 Å². The summed E-state index contributed by atoms with van der Waals surface area (Å²) in [6.45, 7) is 7.94. The monoisotopic (exact) mass is 314 g/mol. The highest BCUT2D eigenvalue weighted by Gasteiger charge is 2.20. The maximum atomic E-state index is 12.6. The van der Waals surface area contributed by atoms with Gasteiger partial charge in [0.05, 0.1) is 0 Å². The molecule has 0 saturated carbocycles. The first-order valence-corrected chi connectivity index (χ1v) is 9.22. The lowest BCUT2D eigenvalue weighted by molar-refractivity contribution is 0.107. The van der Waals surface area contributed by atoms with Crippen LogP contribution >= 0.6 is 7.80 Å². The van der Waals surface area contributed by atoms with Gasteiger partial charge in [-0.05, 0) is 61.9 Å². The minimum Gasteiger partial charge on any atom is -0.318 e. The molecule has 0 radical (unpaired) electrons. The van der Waals surface area contributed by atoms with Crippen molar-refractivity contribution in [2.45, 2.75) is 34.1 Å². The highest BCUT2D eigenvalue weighted by atomic mass is 31.1. The number of benzene rings is 2. The molecule has 0 bridgehead atoms.